The summed E-state index contributed by atoms with van der Waals surface area (Å²) in [6.07, 6.45) is 8.15. The lowest BCUT2D eigenvalue weighted by Crippen LogP contribution is -2.49. The fourth-order valence-corrected chi connectivity index (χ4v) is 7.87. The molecule has 0 amide bonds. The molecule has 4 saturated carbocycles. The number of aryl methyl sites for hydroxylation is 1. The number of para-hydroxylation sites is 2. The van der Waals surface area contributed by atoms with Crippen LogP contribution in [0.5, 0.6) is 5.75 Å². The smallest absolute Gasteiger partial charge is 0.254 e. The molecule has 0 radical (unpaired) electrons. The second kappa shape index (κ2) is 7.59. The fraction of sp³-hybridized carbons (Fsp3) is 0.593. The number of hydrogen-bond acceptors (Lipinski definition) is 6. The van der Waals surface area contributed by atoms with E-state index in [1.54, 1.807) is 7.11 Å². The highest BCUT2D eigenvalue weighted by Gasteiger charge is 2.53. The van der Waals surface area contributed by atoms with Gasteiger partial charge in [0.25, 0.3) is 5.78 Å². The second-order valence-corrected chi connectivity index (χ2v) is 11.2. The van der Waals surface area contributed by atoms with Crippen molar-refractivity contribution in [2.45, 2.75) is 50.9 Å². The Bertz CT molecular complexity index is 1190. The number of nitrogens with zero attached hydrogens (tertiary/aromatic N) is 6. The summed E-state index contributed by atoms with van der Waals surface area (Å²) >= 11 is 0. The summed E-state index contributed by atoms with van der Waals surface area (Å²) in [6.45, 7) is 5.83. The molecule has 5 aliphatic rings. The zero-order valence-electron chi connectivity index (χ0n) is 20.3. The molecule has 0 N–H and O–H groups in total. The van der Waals surface area contributed by atoms with Crippen LogP contribution in [0, 0.1) is 24.7 Å². The van der Waals surface area contributed by atoms with Crippen molar-refractivity contribution in [1.29, 1.82) is 0 Å². The van der Waals surface area contributed by atoms with Gasteiger partial charge in [-0.15, -0.1) is 5.10 Å². The summed E-state index contributed by atoms with van der Waals surface area (Å²) in [6, 6.07) is 10.5. The van der Waals surface area contributed by atoms with Gasteiger partial charge in [0.1, 0.15) is 11.6 Å². The third-order valence-electron chi connectivity index (χ3n) is 8.96. The van der Waals surface area contributed by atoms with Gasteiger partial charge in [-0.2, -0.15) is 9.50 Å². The molecular formula is C27H34N6O. The van der Waals surface area contributed by atoms with Gasteiger partial charge >= 0.3 is 0 Å². The van der Waals surface area contributed by atoms with Gasteiger partial charge in [0.2, 0.25) is 0 Å². The predicted molar refractivity (Wildman–Crippen MR) is 133 cm³/mol. The van der Waals surface area contributed by atoms with Gasteiger partial charge in [-0.25, -0.2) is 4.98 Å². The lowest BCUT2D eigenvalue weighted by atomic mass is 9.49. The molecule has 4 aliphatic carbocycles. The lowest BCUT2D eigenvalue weighted by Gasteiger charge is -2.55. The number of rotatable bonds is 4. The van der Waals surface area contributed by atoms with Crippen LogP contribution >= 0.6 is 0 Å². The Morgan fingerprint density at radius 1 is 0.882 bits per heavy atom. The highest BCUT2D eigenvalue weighted by molar-refractivity contribution is 5.60. The zero-order valence-corrected chi connectivity index (χ0v) is 20.3. The van der Waals surface area contributed by atoms with Crippen LogP contribution in [0.1, 0.15) is 50.0 Å². The molecule has 0 atom stereocenters. The average Bonchev–Trinajstić information content (AvgIpc) is 3.28. The topological polar surface area (TPSA) is 58.8 Å². The third kappa shape index (κ3) is 3.19. The summed E-state index contributed by atoms with van der Waals surface area (Å²) in [7, 11) is 1.75. The van der Waals surface area contributed by atoms with E-state index < -0.39 is 0 Å². The van der Waals surface area contributed by atoms with Gasteiger partial charge in [0.05, 0.1) is 12.8 Å². The van der Waals surface area contributed by atoms with Crippen LogP contribution in [0.4, 0.5) is 11.5 Å². The SMILES string of the molecule is COc1ccccc1N1CCN(c2cc(C)nc3nc(C45CC6CC(CC(C6)C4)C5)nn23)CC1. The minimum atomic E-state index is 0.191. The lowest BCUT2D eigenvalue weighted by molar-refractivity contribution is -0.00926. The van der Waals surface area contributed by atoms with E-state index >= 15 is 0 Å². The van der Waals surface area contributed by atoms with Crippen molar-refractivity contribution in [1.82, 2.24) is 19.6 Å². The minimum Gasteiger partial charge on any atom is -0.495 e. The minimum absolute atomic E-state index is 0.191. The number of methoxy groups -OCH3 is 1. The number of hydrogen-bond donors (Lipinski definition) is 0. The fourth-order valence-electron chi connectivity index (χ4n) is 7.87. The van der Waals surface area contributed by atoms with Crippen LogP contribution in [-0.2, 0) is 5.41 Å². The van der Waals surface area contributed by atoms with E-state index in [4.69, 9.17) is 19.8 Å². The van der Waals surface area contributed by atoms with E-state index in [0.717, 1.165) is 72.8 Å². The molecule has 1 aromatic carbocycles. The van der Waals surface area contributed by atoms with Crippen LogP contribution in [0.25, 0.3) is 5.78 Å². The summed E-state index contributed by atoms with van der Waals surface area (Å²) in [5.74, 6) is 6.56. The molecule has 5 fully saturated rings. The molecule has 0 spiro atoms. The Kier molecular flexibility index (Phi) is 4.58. The van der Waals surface area contributed by atoms with E-state index in [2.05, 4.69) is 34.9 Å². The Balaban J connectivity index is 1.19. The first-order chi connectivity index (χ1) is 16.6. The first-order valence-corrected chi connectivity index (χ1v) is 13.0. The molecule has 4 bridgehead atoms. The molecule has 2 aromatic heterocycles. The number of ether oxygens (including phenoxy) is 1. The van der Waals surface area contributed by atoms with Crippen molar-refractivity contribution in [2.75, 3.05) is 43.1 Å². The van der Waals surface area contributed by atoms with Gasteiger partial charge in [-0.05, 0) is 75.3 Å². The standard InChI is InChI=1S/C27H34N6O/c1-18-11-24(32-9-7-31(8-10-32)22-5-3-4-6-23(22)34-2)33-26(28-18)29-25(30-33)27-15-19-12-20(16-27)14-21(13-19)17-27/h3-6,11,19-21H,7-10,12-17H2,1-2H3. The van der Waals surface area contributed by atoms with Crippen molar-refractivity contribution in [3.63, 3.8) is 0 Å². The van der Waals surface area contributed by atoms with Gasteiger partial charge in [-0.1, -0.05) is 12.1 Å². The van der Waals surface area contributed by atoms with E-state index in [9.17, 15) is 0 Å². The summed E-state index contributed by atoms with van der Waals surface area (Å²) in [5, 5.41) is 5.19. The predicted octanol–water partition coefficient (Wildman–Crippen LogP) is 4.24. The largest absolute Gasteiger partial charge is 0.495 e. The molecular weight excluding hydrogens is 424 g/mol. The molecule has 8 rings (SSSR count). The normalized spacial score (nSPS) is 30.4. The van der Waals surface area contributed by atoms with E-state index in [1.807, 2.05) is 16.6 Å². The molecule has 34 heavy (non-hydrogen) atoms. The van der Waals surface area contributed by atoms with Crippen molar-refractivity contribution in [3.05, 3.63) is 41.9 Å². The van der Waals surface area contributed by atoms with Gasteiger partial charge in [0, 0.05) is 43.4 Å². The van der Waals surface area contributed by atoms with Gasteiger partial charge in [0.15, 0.2) is 5.82 Å². The van der Waals surface area contributed by atoms with Gasteiger partial charge in [-0.3, -0.25) is 0 Å². The number of piperazine rings is 1. The molecule has 3 aromatic rings. The monoisotopic (exact) mass is 458 g/mol. The number of anilines is 2. The average molecular weight is 459 g/mol. The zero-order chi connectivity index (χ0) is 22.9. The molecule has 7 heteroatoms. The van der Waals surface area contributed by atoms with E-state index in [0.29, 0.717) is 0 Å². The Labute approximate surface area is 201 Å². The van der Waals surface area contributed by atoms with E-state index in [1.165, 1.54) is 44.2 Å². The molecule has 0 unspecified atom stereocenters. The summed E-state index contributed by atoms with van der Waals surface area (Å²) in [5.41, 5.74) is 2.38. The van der Waals surface area contributed by atoms with Crippen molar-refractivity contribution < 1.29 is 4.74 Å². The Morgan fingerprint density at radius 3 is 2.21 bits per heavy atom. The van der Waals surface area contributed by atoms with E-state index in [-0.39, 0.29) is 5.41 Å². The Hall–Kier alpha value is -2.83. The molecule has 178 valence electrons. The quantitative estimate of drug-likeness (QED) is 0.583. The number of fused-ring (bicyclic) bond motifs is 1. The Morgan fingerprint density at radius 2 is 1.53 bits per heavy atom. The number of aromatic nitrogens is 4. The first kappa shape index (κ1) is 20.5. The maximum Gasteiger partial charge on any atom is 0.254 e. The van der Waals surface area contributed by atoms with Crippen LogP contribution in [0.3, 0.4) is 0 Å². The molecule has 7 nitrogen and oxygen atoms in total. The summed E-state index contributed by atoms with van der Waals surface area (Å²) in [4.78, 5) is 14.8. The van der Waals surface area contributed by atoms with Crippen molar-refractivity contribution in [2.24, 2.45) is 17.8 Å². The van der Waals surface area contributed by atoms with Crippen LogP contribution < -0.4 is 14.5 Å². The van der Waals surface area contributed by atoms with Gasteiger partial charge < -0.3 is 14.5 Å². The van der Waals surface area contributed by atoms with Crippen LogP contribution in [0.15, 0.2) is 30.3 Å². The first-order valence-electron chi connectivity index (χ1n) is 13.0. The maximum atomic E-state index is 5.60. The highest BCUT2D eigenvalue weighted by Crippen LogP contribution is 2.60. The van der Waals surface area contributed by atoms with Crippen molar-refractivity contribution >= 4 is 17.3 Å². The highest BCUT2D eigenvalue weighted by atomic mass is 16.5. The van der Waals surface area contributed by atoms with Crippen LogP contribution in [0.2, 0.25) is 0 Å². The van der Waals surface area contributed by atoms with Crippen LogP contribution in [-0.4, -0.2) is 52.9 Å². The molecule has 1 aliphatic heterocycles. The molecule has 1 saturated heterocycles. The molecule has 3 heterocycles. The summed E-state index contributed by atoms with van der Waals surface area (Å²) < 4.78 is 7.64. The number of benzene rings is 1. The second-order valence-electron chi connectivity index (χ2n) is 11.2. The maximum absolute atomic E-state index is 5.60. The third-order valence-corrected chi connectivity index (χ3v) is 8.96. The van der Waals surface area contributed by atoms with Crippen molar-refractivity contribution in [3.8, 4) is 5.75 Å².